The molecule has 2 N–H and O–H groups in total. The highest BCUT2D eigenvalue weighted by atomic mass is 19.1. The van der Waals surface area contributed by atoms with Crippen LogP contribution in [-0.4, -0.2) is 18.4 Å². The van der Waals surface area contributed by atoms with Gasteiger partial charge in [-0.3, -0.25) is 9.59 Å². The molecule has 0 radical (unpaired) electrons. The average molecular weight is 314 g/mol. The van der Waals surface area contributed by atoms with Crippen molar-refractivity contribution in [1.29, 1.82) is 0 Å². The van der Waals surface area contributed by atoms with Crippen molar-refractivity contribution in [2.45, 2.75) is 19.8 Å². The lowest BCUT2D eigenvalue weighted by atomic mass is 10.1. The Hall–Kier alpha value is -2.69. The molecule has 4 nitrogen and oxygen atoms in total. The Labute approximate surface area is 134 Å². The van der Waals surface area contributed by atoms with E-state index in [1.165, 1.54) is 6.07 Å². The van der Waals surface area contributed by atoms with Crippen molar-refractivity contribution in [2.24, 2.45) is 0 Å². The second-order valence-electron chi connectivity index (χ2n) is 5.10. The van der Waals surface area contributed by atoms with E-state index in [4.69, 9.17) is 0 Å². The molecule has 23 heavy (non-hydrogen) atoms. The van der Waals surface area contributed by atoms with E-state index in [1.807, 2.05) is 19.1 Å². The smallest absolute Gasteiger partial charge is 0.313 e. The normalized spacial score (nSPS) is 10.2. The molecule has 0 aliphatic heterocycles. The summed E-state index contributed by atoms with van der Waals surface area (Å²) in [6.07, 6.45) is 1.24. The molecule has 0 fully saturated rings. The zero-order valence-electron chi connectivity index (χ0n) is 12.9. The molecule has 0 bridgehead atoms. The summed E-state index contributed by atoms with van der Waals surface area (Å²) in [6, 6.07) is 13.6. The summed E-state index contributed by atoms with van der Waals surface area (Å²) in [4.78, 5) is 23.5. The molecule has 0 spiro atoms. The van der Waals surface area contributed by atoms with Crippen molar-refractivity contribution < 1.29 is 14.0 Å². The number of carbonyl (C=O) groups is 2. The van der Waals surface area contributed by atoms with Gasteiger partial charge in [0.2, 0.25) is 0 Å². The van der Waals surface area contributed by atoms with Gasteiger partial charge in [0, 0.05) is 12.2 Å². The summed E-state index contributed by atoms with van der Waals surface area (Å²) >= 11 is 0. The van der Waals surface area contributed by atoms with E-state index >= 15 is 0 Å². The van der Waals surface area contributed by atoms with Crippen LogP contribution in [0, 0.1) is 5.82 Å². The monoisotopic (exact) mass is 314 g/mol. The molecule has 0 aromatic heterocycles. The minimum atomic E-state index is -0.735. The first kappa shape index (κ1) is 16.7. The fourth-order valence-corrected chi connectivity index (χ4v) is 2.10. The summed E-state index contributed by atoms with van der Waals surface area (Å²) in [6.45, 7) is 2.23. The summed E-state index contributed by atoms with van der Waals surface area (Å²) in [5.41, 5.74) is 2.22. The number of anilines is 1. The maximum atomic E-state index is 13.4. The van der Waals surface area contributed by atoms with Gasteiger partial charge in [0.05, 0.1) is 0 Å². The van der Waals surface area contributed by atoms with Crippen LogP contribution in [0.3, 0.4) is 0 Å². The SMILES string of the molecule is CCc1ccc(NC(=O)C(=O)NCCc2ccccc2F)cc1. The van der Waals surface area contributed by atoms with Crippen LogP contribution >= 0.6 is 0 Å². The zero-order chi connectivity index (χ0) is 16.7. The van der Waals surface area contributed by atoms with Crippen molar-refractivity contribution in [1.82, 2.24) is 5.32 Å². The Kier molecular flexibility index (Phi) is 5.86. The minimum Gasteiger partial charge on any atom is -0.347 e. The van der Waals surface area contributed by atoms with Gasteiger partial charge in [-0.05, 0) is 42.2 Å². The molecule has 2 amide bonds. The Morgan fingerprint density at radius 1 is 1.00 bits per heavy atom. The maximum absolute atomic E-state index is 13.4. The Bertz CT molecular complexity index is 684. The number of hydrogen-bond donors (Lipinski definition) is 2. The van der Waals surface area contributed by atoms with Gasteiger partial charge in [0.25, 0.3) is 0 Å². The molecule has 0 aliphatic rings. The van der Waals surface area contributed by atoms with Crippen LogP contribution in [0.15, 0.2) is 48.5 Å². The summed E-state index contributed by atoms with van der Waals surface area (Å²) in [5.74, 6) is -1.79. The van der Waals surface area contributed by atoms with E-state index < -0.39 is 11.8 Å². The molecule has 0 heterocycles. The summed E-state index contributed by atoms with van der Waals surface area (Å²) < 4.78 is 13.4. The number of halogens is 1. The Balaban J connectivity index is 1.80. The topological polar surface area (TPSA) is 58.2 Å². The molecule has 5 heteroatoms. The van der Waals surface area contributed by atoms with Crippen LogP contribution < -0.4 is 10.6 Å². The molecular weight excluding hydrogens is 295 g/mol. The molecule has 0 atom stereocenters. The molecule has 0 saturated carbocycles. The molecule has 120 valence electrons. The molecule has 0 aliphatic carbocycles. The van der Waals surface area contributed by atoms with Gasteiger partial charge in [0.1, 0.15) is 5.82 Å². The highest BCUT2D eigenvalue weighted by Gasteiger charge is 2.13. The fourth-order valence-electron chi connectivity index (χ4n) is 2.10. The summed E-state index contributed by atoms with van der Waals surface area (Å²) in [7, 11) is 0. The van der Waals surface area contributed by atoms with Crippen molar-refractivity contribution in [3.8, 4) is 0 Å². The van der Waals surface area contributed by atoms with Crippen molar-refractivity contribution in [3.63, 3.8) is 0 Å². The standard InChI is InChI=1S/C18H19FN2O2/c1-2-13-7-9-15(10-8-13)21-18(23)17(22)20-12-11-14-5-3-4-6-16(14)19/h3-10H,2,11-12H2,1H3,(H,20,22)(H,21,23). The first-order valence-corrected chi connectivity index (χ1v) is 7.51. The molecule has 2 aromatic rings. The van der Waals surface area contributed by atoms with Crippen molar-refractivity contribution in [2.75, 3.05) is 11.9 Å². The van der Waals surface area contributed by atoms with Crippen molar-refractivity contribution in [3.05, 3.63) is 65.5 Å². The molecule has 2 rings (SSSR count). The van der Waals surface area contributed by atoms with Gasteiger partial charge < -0.3 is 10.6 Å². The molecule has 0 saturated heterocycles. The number of carbonyl (C=O) groups excluding carboxylic acids is 2. The highest BCUT2D eigenvalue weighted by molar-refractivity contribution is 6.39. The first-order chi connectivity index (χ1) is 11.1. The largest absolute Gasteiger partial charge is 0.347 e. The Morgan fingerprint density at radius 3 is 2.35 bits per heavy atom. The molecule has 2 aromatic carbocycles. The van der Waals surface area contributed by atoms with E-state index in [1.54, 1.807) is 30.3 Å². The minimum absolute atomic E-state index is 0.196. The summed E-state index contributed by atoms with van der Waals surface area (Å²) in [5, 5.41) is 5.01. The third-order valence-corrected chi connectivity index (χ3v) is 3.46. The van der Waals surface area contributed by atoms with Gasteiger partial charge in [-0.15, -0.1) is 0 Å². The lowest BCUT2D eigenvalue weighted by Crippen LogP contribution is -2.36. The lowest BCUT2D eigenvalue weighted by Gasteiger charge is -2.07. The average Bonchev–Trinajstić information content (AvgIpc) is 2.57. The van der Waals surface area contributed by atoms with Gasteiger partial charge in [-0.2, -0.15) is 0 Å². The van der Waals surface area contributed by atoms with Crippen molar-refractivity contribution >= 4 is 17.5 Å². The van der Waals surface area contributed by atoms with Gasteiger partial charge in [0.15, 0.2) is 0 Å². The van der Waals surface area contributed by atoms with Gasteiger partial charge in [-0.25, -0.2) is 4.39 Å². The number of aryl methyl sites for hydroxylation is 1. The van der Waals surface area contributed by atoms with Gasteiger partial charge in [-0.1, -0.05) is 37.3 Å². The van der Waals surface area contributed by atoms with Gasteiger partial charge >= 0.3 is 11.8 Å². The number of rotatable bonds is 5. The highest BCUT2D eigenvalue weighted by Crippen LogP contribution is 2.10. The number of amides is 2. The van der Waals surface area contributed by atoms with Crippen LogP contribution in [0.1, 0.15) is 18.1 Å². The zero-order valence-corrected chi connectivity index (χ0v) is 12.9. The number of benzene rings is 2. The predicted molar refractivity (Wildman–Crippen MR) is 87.6 cm³/mol. The van der Waals surface area contributed by atoms with Crippen LogP contribution in [0.2, 0.25) is 0 Å². The fraction of sp³-hybridized carbons (Fsp3) is 0.222. The van der Waals surface area contributed by atoms with Crippen LogP contribution in [0.4, 0.5) is 10.1 Å². The molecule has 0 unspecified atom stereocenters. The van der Waals surface area contributed by atoms with E-state index in [2.05, 4.69) is 10.6 Å². The van der Waals surface area contributed by atoms with E-state index in [-0.39, 0.29) is 12.4 Å². The predicted octanol–water partition coefficient (Wildman–Crippen LogP) is 2.69. The number of hydrogen-bond acceptors (Lipinski definition) is 2. The quantitative estimate of drug-likeness (QED) is 0.834. The first-order valence-electron chi connectivity index (χ1n) is 7.51. The number of nitrogens with one attached hydrogen (secondary N) is 2. The lowest BCUT2D eigenvalue weighted by molar-refractivity contribution is -0.136. The maximum Gasteiger partial charge on any atom is 0.313 e. The van der Waals surface area contributed by atoms with Crippen LogP contribution in [-0.2, 0) is 22.4 Å². The second kappa shape index (κ2) is 8.08. The molecular formula is C18H19FN2O2. The Morgan fingerprint density at radius 2 is 1.70 bits per heavy atom. The second-order valence-corrected chi connectivity index (χ2v) is 5.10. The van der Waals surface area contributed by atoms with Crippen LogP contribution in [0.5, 0.6) is 0 Å². The third-order valence-electron chi connectivity index (χ3n) is 3.46. The van der Waals surface area contributed by atoms with E-state index in [9.17, 15) is 14.0 Å². The van der Waals surface area contributed by atoms with E-state index in [0.29, 0.717) is 17.7 Å². The van der Waals surface area contributed by atoms with E-state index in [0.717, 1.165) is 12.0 Å². The van der Waals surface area contributed by atoms with Crippen LogP contribution in [0.25, 0.3) is 0 Å². The third kappa shape index (κ3) is 4.92.